The van der Waals surface area contributed by atoms with Crippen LogP contribution in [0.2, 0.25) is 0 Å². The highest BCUT2D eigenvalue weighted by Gasteiger charge is 2.18. The van der Waals surface area contributed by atoms with E-state index in [1.165, 1.54) is 0 Å². The minimum absolute atomic E-state index is 0.154. The number of hydrogen-bond acceptors (Lipinski definition) is 5. The van der Waals surface area contributed by atoms with Crippen LogP contribution in [0.1, 0.15) is 12.8 Å². The first-order chi connectivity index (χ1) is 12.2. The molecule has 1 amide bonds. The van der Waals surface area contributed by atoms with Gasteiger partial charge in [0, 0.05) is 51.5 Å². The third-order valence-electron chi connectivity index (χ3n) is 4.63. The highest BCUT2D eigenvalue weighted by atomic mass is 16.2. The SMILES string of the molecule is CN(C(=O)CCN1CCCN(c2cccnn2)CC1)c1ccccc1. The average molecular weight is 339 g/mol. The minimum Gasteiger partial charge on any atom is -0.354 e. The van der Waals surface area contributed by atoms with Crippen molar-refractivity contribution in [2.45, 2.75) is 12.8 Å². The molecular weight excluding hydrogens is 314 g/mol. The maximum atomic E-state index is 12.4. The van der Waals surface area contributed by atoms with Crippen LogP contribution in [0, 0.1) is 0 Å². The summed E-state index contributed by atoms with van der Waals surface area (Å²) in [5.41, 5.74) is 0.942. The molecule has 0 atom stereocenters. The summed E-state index contributed by atoms with van der Waals surface area (Å²) >= 11 is 0. The Labute approximate surface area is 149 Å². The number of hydrogen-bond donors (Lipinski definition) is 0. The minimum atomic E-state index is 0.154. The van der Waals surface area contributed by atoms with Crippen molar-refractivity contribution in [1.82, 2.24) is 15.1 Å². The van der Waals surface area contributed by atoms with E-state index in [0.717, 1.165) is 50.6 Å². The molecule has 1 aromatic heterocycles. The third-order valence-corrected chi connectivity index (χ3v) is 4.63. The molecule has 1 aliphatic heterocycles. The summed E-state index contributed by atoms with van der Waals surface area (Å²) in [4.78, 5) is 18.8. The maximum Gasteiger partial charge on any atom is 0.228 e. The number of aromatic nitrogens is 2. The standard InChI is InChI=1S/C19H25N5O/c1-22(17-7-3-2-4-8-17)19(25)10-14-23-12-6-13-24(16-15-23)18-9-5-11-20-21-18/h2-5,7-9,11H,6,10,12-16H2,1H3. The lowest BCUT2D eigenvalue weighted by Gasteiger charge is -2.23. The Balaban J connectivity index is 1.48. The largest absolute Gasteiger partial charge is 0.354 e. The molecule has 0 spiro atoms. The molecule has 2 heterocycles. The predicted molar refractivity (Wildman–Crippen MR) is 99.8 cm³/mol. The average Bonchev–Trinajstić information content (AvgIpc) is 2.92. The van der Waals surface area contributed by atoms with Gasteiger partial charge in [-0.25, -0.2) is 0 Å². The number of anilines is 2. The molecule has 1 saturated heterocycles. The van der Waals surface area contributed by atoms with Crippen molar-refractivity contribution in [3.05, 3.63) is 48.7 Å². The molecule has 0 bridgehead atoms. The Hall–Kier alpha value is -2.47. The number of rotatable bonds is 5. The van der Waals surface area contributed by atoms with Crippen molar-refractivity contribution >= 4 is 17.4 Å². The number of para-hydroxylation sites is 1. The quantitative estimate of drug-likeness (QED) is 0.834. The molecule has 132 valence electrons. The summed E-state index contributed by atoms with van der Waals surface area (Å²) < 4.78 is 0. The molecule has 6 nitrogen and oxygen atoms in total. The van der Waals surface area contributed by atoms with E-state index >= 15 is 0 Å². The van der Waals surface area contributed by atoms with Crippen molar-refractivity contribution in [1.29, 1.82) is 0 Å². The fourth-order valence-corrected chi connectivity index (χ4v) is 3.10. The summed E-state index contributed by atoms with van der Waals surface area (Å²) in [6, 6.07) is 13.7. The topological polar surface area (TPSA) is 52.6 Å². The molecule has 25 heavy (non-hydrogen) atoms. The lowest BCUT2D eigenvalue weighted by atomic mass is 10.2. The van der Waals surface area contributed by atoms with Crippen molar-refractivity contribution in [3.8, 4) is 0 Å². The van der Waals surface area contributed by atoms with Crippen LogP contribution in [0.4, 0.5) is 11.5 Å². The highest BCUT2D eigenvalue weighted by molar-refractivity contribution is 5.92. The number of carbonyl (C=O) groups is 1. The molecular formula is C19H25N5O. The molecule has 6 heteroatoms. The molecule has 1 aromatic carbocycles. The maximum absolute atomic E-state index is 12.4. The van der Waals surface area contributed by atoms with Crippen LogP contribution in [0.3, 0.4) is 0 Å². The van der Waals surface area contributed by atoms with Gasteiger partial charge in [0.15, 0.2) is 5.82 Å². The molecule has 1 aliphatic rings. The summed E-state index contributed by atoms with van der Waals surface area (Å²) in [6.07, 6.45) is 3.30. The number of benzene rings is 1. The lowest BCUT2D eigenvalue weighted by molar-refractivity contribution is -0.118. The Bertz CT molecular complexity index is 664. The van der Waals surface area contributed by atoms with Gasteiger partial charge < -0.3 is 14.7 Å². The third kappa shape index (κ3) is 4.76. The van der Waals surface area contributed by atoms with Gasteiger partial charge in [-0.3, -0.25) is 4.79 Å². The second-order valence-electron chi connectivity index (χ2n) is 6.30. The van der Waals surface area contributed by atoms with Crippen LogP contribution in [0.5, 0.6) is 0 Å². The fourth-order valence-electron chi connectivity index (χ4n) is 3.10. The first-order valence-electron chi connectivity index (χ1n) is 8.80. The van der Waals surface area contributed by atoms with Crippen molar-refractivity contribution in [3.63, 3.8) is 0 Å². The van der Waals surface area contributed by atoms with Gasteiger partial charge in [0.2, 0.25) is 5.91 Å². The smallest absolute Gasteiger partial charge is 0.228 e. The van der Waals surface area contributed by atoms with Gasteiger partial charge in [-0.2, -0.15) is 5.10 Å². The van der Waals surface area contributed by atoms with E-state index in [1.807, 2.05) is 49.5 Å². The summed E-state index contributed by atoms with van der Waals surface area (Å²) in [5, 5.41) is 8.16. The number of nitrogens with zero attached hydrogens (tertiary/aromatic N) is 5. The lowest BCUT2D eigenvalue weighted by Crippen LogP contribution is -2.35. The summed E-state index contributed by atoms with van der Waals surface area (Å²) in [5.74, 6) is 1.09. The van der Waals surface area contributed by atoms with Crippen LogP contribution >= 0.6 is 0 Å². The molecule has 0 unspecified atom stereocenters. The van der Waals surface area contributed by atoms with Gasteiger partial charge in [0.25, 0.3) is 0 Å². The predicted octanol–water partition coefficient (Wildman–Crippen LogP) is 2.04. The van der Waals surface area contributed by atoms with Crippen LogP contribution in [-0.2, 0) is 4.79 Å². The number of amides is 1. The molecule has 3 rings (SSSR count). The van der Waals surface area contributed by atoms with E-state index in [-0.39, 0.29) is 5.91 Å². The van der Waals surface area contributed by atoms with Gasteiger partial charge in [-0.15, -0.1) is 5.10 Å². The molecule has 2 aromatic rings. The van der Waals surface area contributed by atoms with Crippen molar-refractivity contribution in [2.24, 2.45) is 0 Å². The van der Waals surface area contributed by atoms with E-state index in [2.05, 4.69) is 20.0 Å². The normalized spacial score (nSPS) is 15.6. The van der Waals surface area contributed by atoms with E-state index in [9.17, 15) is 4.79 Å². The van der Waals surface area contributed by atoms with Gasteiger partial charge in [-0.1, -0.05) is 18.2 Å². The second-order valence-corrected chi connectivity index (χ2v) is 6.30. The van der Waals surface area contributed by atoms with Gasteiger partial charge >= 0.3 is 0 Å². The van der Waals surface area contributed by atoms with Crippen LogP contribution < -0.4 is 9.80 Å². The van der Waals surface area contributed by atoms with E-state index in [0.29, 0.717) is 6.42 Å². The van der Waals surface area contributed by atoms with Gasteiger partial charge in [0.1, 0.15) is 0 Å². The Kier molecular flexibility index (Phi) is 5.95. The monoisotopic (exact) mass is 339 g/mol. The van der Waals surface area contributed by atoms with E-state index in [1.54, 1.807) is 11.1 Å². The molecule has 0 radical (unpaired) electrons. The summed E-state index contributed by atoms with van der Waals surface area (Å²) in [6.45, 7) is 4.65. The summed E-state index contributed by atoms with van der Waals surface area (Å²) in [7, 11) is 1.84. The fraction of sp³-hybridized carbons (Fsp3) is 0.421. The van der Waals surface area contributed by atoms with Crippen LogP contribution in [0.25, 0.3) is 0 Å². The van der Waals surface area contributed by atoms with Crippen LogP contribution in [0.15, 0.2) is 48.7 Å². The zero-order valence-corrected chi connectivity index (χ0v) is 14.7. The zero-order chi connectivity index (χ0) is 17.5. The highest BCUT2D eigenvalue weighted by Crippen LogP contribution is 2.14. The Morgan fingerprint density at radius 3 is 2.68 bits per heavy atom. The zero-order valence-electron chi connectivity index (χ0n) is 14.7. The number of carbonyl (C=O) groups excluding carboxylic acids is 1. The molecule has 0 N–H and O–H groups in total. The van der Waals surface area contributed by atoms with Crippen LogP contribution in [-0.4, -0.2) is 60.8 Å². The molecule has 1 fully saturated rings. The second kappa shape index (κ2) is 8.58. The van der Waals surface area contributed by atoms with E-state index in [4.69, 9.17) is 0 Å². The van der Waals surface area contributed by atoms with Crippen molar-refractivity contribution in [2.75, 3.05) is 49.6 Å². The van der Waals surface area contributed by atoms with Crippen molar-refractivity contribution < 1.29 is 4.79 Å². The first kappa shape index (κ1) is 17.4. The molecule has 0 saturated carbocycles. The molecule has 0 aliphatic carbocycles. The van der Waals surface area contributed by atoms with E-state index < -0.39 is 0 Å². The first-order valence-corrected chi connectivity index (χ1v) is 8.80. The van der Waals surface area contributed by atoms with Gasteiger partial charge in [-0.05, 0) is 37.2 Å². The Morgan fingerprint density at radius 2 is 1.92 bits per heavy atom. The Morgan fingerprint density at radius 1 is 1.08 bits per heavy atom. The van der Waals surface area contributed by atoms with Gasteiger partial charge in [0.05, 0.1) is 0 Å².